The van der Waals surface area contributed by atoms with E-state index in [0.29, 0.717) is 10.9 Å². The van der Waals surface area contributed by atoms with Gasteiger partial charge in [-0.25, -0.2) is 4.98 Å². The highest BCUT2D eigenvalue weighted by molar-refractivity contribution is 7.16. The van der Waals surface area contributed by atoms with E-state index in [1.165, 1.54) is 18.3 Å². The SMILES string of the molecule is CC(=O)Oc1ccc(-c2nc(NC(=N)N)sc2C)cc1. The van der Waals surface area contributed by atoms with Crippen LogP contribution >= 0.6 is 11.3 Å². The molecule has 1 aromatic carbocycles. The smallest absolute Gasteiger partial charge is 0.308 e. The van der Waals surface area contributed by atoms with E-state index in [9.17, 15) is 4.79 Å². The van der Waals surface area contributed by atoms with Crippen molar-refractivity contribution >= 4 is 28.4 Å². The summed E-state index contributed by atoms with van der Waals surface area (Å²) < 4.78 is 4.98. The number of nitrogens with one attached hydrogen (secondary N) is 2. The normalized spacial score (nSPS) is 10.1. The lowest BCUT2D eigenvalue weighted by molar-refractivity contribution is -0.131. The van der Waals surface area contributed by atoms with Crippen molar-refractivity contribution in [2.24, 2.45) is 5.73 Å². The Hall–Kier alpha value is -2.41. The highest BCUT2D eigenvalue weighted by Crippen LogP contribution is 2.31. The number of carbonyl (C=O) groups is 1. The summed E-state index contributed by atoms with van der Waals surface area (Å²) in [6.45, 7) is 3.30. The Kier molecular flexibility index (Phi) is 3.99. The highest BCUT2D eigenvalue weighted by Gasteiger charge is 2.10. The first kappa shape index (κ1) is 14.0. The zero-order chi connectivity index (χ0) is 14.7. The van der Waals surface area contributed by atoms with Crippen molar-refractivity contribution in [3.8, 4) is 17.0 Å². The minimum atomic E-state index is -0.351. The molecule has 2 rings (SSSR count). The number of anilines is 1. The number of thiazole rings is 1. The monoisotopic (exact) mass is 290 g/mol. The Morgan fingerprint density at radius 1 is 1.40 bits per heavy atom. The van der Waals surface area contributed by atoms with E-state index in [2.05, 4.69) is 10.3 Å². The number of nitrogens with two attached hydrogens (primary N) is 1. The number of guanidine groups is 1. The molecule has 0 aliphatic heterocycles. The summed E-state index contributed by atoms with van der Waals surface area (Å²) in [7, 11) is 0. The van der Waals surface area contributed by atoms with Crippen molar-refractivity contribution in [1.82, 2.24) is 4.98 Å². The Balaban J connectivity index is 2.25. The fraction of sp³-hybridized carbons (Fsp3) is 0.154. The molecule has 0 aliphatic carbocycles. The summed E-state index contributed by atoms with van der Waals surface area (Å²) >= 11 is 1.42. The fourth-order valence-electron chi connectivity index (χ4n) is 1.68. The Bertz CT molecular complexity index is 649. The molecule has 20 heavy (non-hydrogen) atoms. The summed E-state index contributed by atoms with van der Waals surface area (Å²) in [6.07, 6.45) is 0. The molecular formula is C13H14N4O2S. The molecule has 0 atom stereocenters. The molecule has 6 nitrogen and oxygen atoms in total. The van der Waals surface area contributed by atoms with Crippen LogP contribution in [0.25, 0.3) is 11.3 Å². The molecule has 0 fully saturated rings. The number of carbonyl (C=O) groups excluding carboxylic acids is 1. The summed E-state index contributed by atoms with van der Waals surface area (Å²) in [4.78, 5) is 16.3. The van der Waals surface area contributed by atoms with Gasteiger partial charge >= 0.3 is 5.97 Å². The maximum absolute atomic E-state index is 10.9. The third kappa shape index (κ3) is 3.33. The first-order chi connectivity index (χ1) is 9.45. The van der Waals surface area contributed by atoms with Gasteiger partial charge in [-0.3, -0.25) is 10.2 Å². The van der Waals surface area contributed by atoms with Crippen molar-refractivity contribution < 1.29 is 9.53 Å². The van der Waals surface area contributed by atoms with E-state index in [1.54, 1.807) is 12.1 Å². The van der Waals surface area contributed by atoms with Crippen LogP contribution < -0.4 is 15.8 Å². The van der Waals surface area contributed by atoms with Gasteiger partial charge in [-0.15, -0.1) is 11.3 Å². The largest absolute Gasteiger partial charge is 0.427 e. The quantitative estimate of drug-likeness (QED) is 0.348. The van der Waals surface area contributed by atoms with Crippen LogP contribution in [0, 0.1) is 12.3 Å². The van der Waals surface area contributed by atoms with Crippen molar-refractivity contribution in [2.75, 3.05) is 5.32 Å². The van der Waals surface area contributed by atoms with Gasteiger partial charge in [0.2, 0.25) is 0 Å². The van der Waals surface area contributed by atoms with E-state index >= 15 is 0 Å². The number of esters is 1. The summed E-state index contributed by atoms with van der Waals surface area (Å²) in [5.74, 6) is 0.00209. The van der Waals surface area contributed by atoms with E-state index < -0.39 is 0 Å². The van der Waals surface area contributed by atoms with Gasteiger partial charge in [-0.05, 0) is 31.2 Å². The fourth-order valence-corrected chi connectivity index (χ4v) is 2.53. The zero-order valence-corrected chi connectivity index (χ0v) is 11.9. The van der Waals surface area contributed by atoms with Crippen LogP contribution in [0.5, 0.6) is 5.75 Å². The van der Waals surface area contributed by atoms with Crippen LogP contribution in [0.1, 0.15) is 11.8 Å². The number of aryl methyl sites for hydroxylation is 1. The molecule has 0 spiro atoms. The summed E-state index contributed by atoms with van der Waals surface area (Å²) in [5, 5.41) is 10.4. The Morgan fingerprint density at radius 3 is 2.60 bits per heavy atom. The number of aromatic nitrogens is 1. The maximum Gasteiger partial charge on any atom is 0.308 e. The molecule has 4 N–H and O–H groups in total. The molecule has 0 aliphatic rings. The average molecular weight is 290 g/mol. The van der Waals surface area contributed by atoms with Crippen LogP contribution in [0.4, 0.5) is 5.13 Å². The van der Waals surface area contributed by atoms with Gasteiger partial charge in [0.05, 0.1) is 5.69 Å². The van der Waals surface area contributed by atoms with Crippen LogP contribution in [0.2, 0.25) is 0 Å². The second-order valence-corrected chi connectivity index (χ2v) is 5.28. The van der Waals surface area contributed by atoms with Gasteiger partial charge in [-0.2, -0.15) is 0 Å². The molecule has 0 saturated heterocycles. The second-order valence-electron chi connectivity index (χ2n) is 4.08. The maximum atomic E-state index is 10.9. The molecule has 1 heterocycles. The standard InChI is InChI=1S/C13H14N4O2S/c1-7-11(16-13(20-7)17-12(14)15)9-3-5-10(6-4-9)19-8(2)18/h3-6H,1-2H3,(H4,14,15,16,17). The average Bonchev–Trinajstić information content (AvgIpc) is 2.69. The van der Waals surface area contributed by atoms with Gasteiger partial charge < -0.3 is 15.8 Å². The van der Waals surface area contributed by atoms with Crippen LogP contribution in [-0.2, 0) is 4.79 Å². The molecule has 0 bridgehead atoms. The van der Waals surface area contributed by atoms with E-state index in [0.717, 1.165) is 16.1 Å². The number of hydrogen-bond acceptors (Lipinski definition) is 5. The van der Waals surface area contributed by atoms with Crippen molar-refractivity contribution in [1.29, 1.82) is 5.41 Å². The molecular weight excluding hydrogens is 276 g/mol. The zero-order valence-electron chi connectivity index (χ0n) is 11.1. The molecule has 104 valence electrons. The number of benzene rings is 1. The third-order valence-electron chi connectivity index (χ3n) is 2.43. The summed E-state index contributed by atoms with van der Waals surface area (Å²) in [6, 6.07) is 7.09. The van der Waals surface area contributed by atoms with Gasteiger partial charge in [0.15, 0.2) is 11.1 Å². The van der Waals surface area contributed by atoms with E-state index in [-0.39, 0.29) is 11.9 Å². The molecule has 0 radical (unpaired) electrons. The predicted octanol–water partition coefficient (Wildman–Crippen LogP) is 2.35. The minimum absolute atomic E-state index is 0.143. The van der Waals surface area contributed by atoms with E-state index in [4.69, 9.17) is 15.9 Å². The Morgan fingerprint density at radius 2 is 2.05 bits per heavy atom. The Labute approximate surface area is 120 Å². The number of ether oxygens (including phenoxy) is 1. The lowest BCUT2D eigenvalue weighted by atomic mass is 10.1. The minimum Gasteiger partial charge on any atom is -0.427 e. The molecule has 7 heteroatoms. The van der Waals surface area contributed by atoms with Crippen LogP contribution in [-0.4, -0.2) is 16.9 Å². The number of nitrogens with zero attached hydrogens (tertiary/aromatic N) is 1. The molecule has 0 unspecified atom stereocenters. The highest BCUT2D eigenvalue weighted by atomic mass is 32.1. The number of rotatable bonds is 3. The molecule has 1 aromatic heterocycles. The summed E-state index contributed by atoms with van der Waals surface area (Å²) in [5.41, 5.74) is 7.00. The third-order valence-corrected chi connectivity index (χ3v) is 3.31. The van der Waals surface area contributed by atoms with Gasteiger partial charge in [0.1, 0.15) is 5.75 Å². The van der Waals surface area contributed by atoms with Crippen molar-refractivity contribution in [2.45, 2.75) is 13.8 Å². The van der Waals surface area contributed by atoms with Gasteiger partial charge in [0, 0.05) is 17.4 Å². The van der Waals surface area contributed by atoms with Crippen molar-refractivity contribution in [3.63, 3.8) is 0 Å². The van der Waals surface area contributed by atoms with Gasteiger partial charge in [-0.1, -0.05) is 0 Å². The number of hydrogen-bond donors (Lipinski definition) is 3. The van der Waals surface area contributed by atoms with Crippen LogP contribution in [0.3, 0.4) is 0 Å². The second kappa shape index (κ2) is 5.70. The van der Waals surface area contributed by atoms with Crippen molar-refractivity contribution in [3.05, 3.63) is 29.1 Å². The van der Waals surface area contributed by atoms with E-state index in [1.807, 2.05) is 19.1 Å². The molecule has 0 amide bonds. The van der Waals surface area contributed by atoms with Crippen LogP contribution in [0.15, 0.2) is 24.3 Å². The lowest BCUT2D eigenvalue weighted by Gasteiger charge is -2.02. The first-order valence-corrected chi connectivity index (χ1v) is 6.64. The lowest BCUT2D eigenvalue weighted by Crippen LogP contribution is -2.20. The predicted molar refractivity (Wildman–Crippen MR) is 79.1 cm³/mol. The van der Waals surface area contributed by atoms with Gasteiger partial charge in [0.25, 0.3) is 0 Å². The molecule has 2 aromatic rings. The molecule has 0 saturated carbocycles. The first-order valence-electron chi connectivity index (χ1n) is 5.83. The topological polar surface area (TPSA) is 101 Å².